The zero-order chi connectivity index (χ0) is 16.5. The van der Waals surface area contributed by atoms with Crippen LogP contribution in [0.3, 0.4) is 0 Å². The number of hydrogen-bond donors (Lipinski definition) is 0. The molecule has 2 aromatic carbocycles. The molecular weight excluding hydrogens is 500 g/mol. The van der Waals surface area contributed by atoms with Crippen LogP contribution in [0.15, 0.2) is 53.4 Å². The van der Waals surface area contributed by atoms with Crippen LogP contribution in [-0.2, 0) is 9.84 Å². The molecule has 0 saturated heterocycles. The van der Waals surface area contributed by atoms with Gasteiger partial charge in [-0.15, -0.1) is 0 Å². The second kappa shape index (κ2) is 6.55. The predicted octanol–water partition coefficient (Wildman–Crippen LogP) is 4.80. The normalized spacial score (nSPS) is 12.2. The Hall–Kier alpha value is -0.500. The van der Waals surface area contributed by atoms with Crippen molar-refractivity contribution in [3.63, 3.8) is 0 Å². The summed E-state index contributed by atoms with van der Waals surface area (Å²) in [6, 6.07) is 13.1. The van der Waals surface area contributed by atoms with E-state index in [2.05, 4.69) is 47.8 Å². The van der Waals surface area contributed by atoms with Crippen molar-refractivity contribution in [1.29, 1.82) is 0 Å². The van der Waals surface area contributed by atoms with E-state index in [1.165, 1.54) is 12.1 Å². The number of sulfone groups is 1. The van der Waals surface area contributed by atoms with Crippen molar-refractivity contribution in [2.45, 2.75) is 13.3 Å². The predicted molar refractivity (Wildman–Crippen MR) is 97.8 cm³/mol. The molecule has 0 aromatic heterocycles. The van der Waals surface area contributed by atoms with Crippen LogP contribution in [0.1, 0.15) is 21.5 Å². The zero-order valence-electron chi connectivity index (χ0n) is 11.4. The average molecular weight is 511 g/mol. The quantitative estimate of drug-likeness (QED) is 0.440. The maximum absolute atomic E-state index is 12.5. The Morgan fingerprint density at radius 2 is 1.55 bits per heavy atom. The van der Waals surface area contributed by atoms with Gasteiger partial charge in [-0.1, -0.05) is 42.0 Å². The molecule has 0 spiro atoms. The number of halogens is 3. The van der Waals surface area contributed by atoms with Gasteiger partial charge in [0.1, 0.15) is 0 Å². The average Bonchev–Trinajstić information content (AvgIpc) is 2.46. The number of carbonyl (C=O) groups excluding carboxylic acids is 1. The minimum Gasteiger partial charge on any atom is -0.289 e. The monoisotopic (exact) mass is 508 g/mol. The summed E-state index contributed by atoms with van der Waals surface area (Å²) < 4.78 is 23.2. The fourth-order valence-electron chi connectivity index (χ4n) is 1.81. The third kappa shape index (κ3) is 3.69. The molecule has 0 aliphatic heterocycles. The Morgan fingerprint density at radius 1 is 0.955 bits per heavy atom. The summed E-state index contributed by atoms with van der Waals surface area (Å²) in [5.41, 5.74) is 1.89. The number of alkyl halides is 3. The van der Waals surface area contributed by atoms with Crippen molar-refractivity contribution in [2.75, 3.05) is 0 Å². The van der Waals surface area contributed by atoms with Gasteiger partial charge in [-0.25, -0.2) is 8.42 Å². The molecule has 0 fully saturated rings. The maximum atomic E-state index is 12.5. The number of ketones is 1. The van der Waals surface area contributed by atoms with Crippen LogP contribution in [0.4, 0.5) is 0 Å². The molecule has 0 amide bonds. The van der Waals surface area contributed by atoms with E-state index in [0.29, 0.717) is 11.1 Å². The van der Waals surface area contributed by atoms with E-state index >= 15 is 0 Å². The molecule has 0 saturated carbocycles. The summed E-state index contributed by atoms with van der Waals surface area (Å²) >= 11 is 9.04. The van der Waals surface area contributed by atoms with E-state index in [1.54, 1.807) is 24.3 Å². The third-order valence-electron chi connectivity index (χ3n) is 3.02. The molecule has 0 N–H and O–H groups in total. The van der Waals surface area contributed by atoms with Crippen molar-refractivity contribution < 1.29 is 13.2 Å². The summed E-state index contributed by atoms with van der Waals surface area (Å²) in [4.78, 5) is 12.5. The highest BCUT2D eigenvalue weighted by molar-refractivity contribution is 9.42. The van der Waals surface area contributed by atoms with Gasteiger partial charge in [0.2, 0.25) is 11.3 Å². The molecule has 0 aliphatic carbocycles. The van der Waals surface area contributed by atoms with Crippen LogP contribution in [0.2, 0.25) is 0 Å². The minimum atomic E-state index is -3.72. The van der Waals surface area contributed by atoms with E-state index in [4.69, 9.17) is 0 Å². The van der Waals surface area contributed by atoms with Gasteiger partial charge in [-0.3, -0.25) is 4.79 Å². The second-order valence-corrected chi connectivity index (χ2v) is 15.1. The Bertz CT molecular complexity index is 807. The summed E-state index contributed by atoms with van der Waals surface area (Å²) in [6.07, 6.45) is 0. The SMILES string of the molecule is Cc1ccc(C(=O)c2cccc(S(=O)(=O)C(Br)(Br)Br)c2)cc1. The van der Waals surface area contributed by atoms with Gasteiger partial charge in [0.15, 0.2) is 5.78 Å². The molecule has 0 unspecified atom stereocenters. The second-order valence-electron chi connectivity index (χ2n) is 4.67. The van der Waals surface area contributed by atoms with Gasteiger partial charge in [-0.2, -0.15) is 0 Å². The Morgan fingerprint density at radius 3 is 2.09 bits per heavy atom. The van der Waals surface area contributed by atoms with Crippen molar-refractivity contribution in [3.8, 4) is 0 Å². The molecule has 3 nitrogen and oxygen atoms in total. The molecule has 116 valence electrons. The first kappa shape index (κ1) is 17.8. The van der Waals surface area contributed by atoms with Gasteiger partial charge in [0.05, 0.1) is 4.90 Å². The lowest BCUT2D eigenvalue weighted by Gasteiger charge is -2.14. The smallest absolute Gasteiger partial charge is 0.239 e. The lowest BCUT2D eigenvalue weighted by molar-refractivity contribution is 0.103. The molecule has 22 heavy (non-hydrogen) atoms. The van der Waals surface area contributed by atoms with Crippen LogP contribution >= 0.6 is 47.8 Å². The third-order valence-corrected chi connectivity index (χ3v) is 8.34. The highest BCUT2D eigenvalue weighted by Crippen LogP contribution is 2.43. The fourth-order valence-corrected chi connectivity index (χ4v) is 4.30. The lowest BCUT2D eigenvalue weighted by Crippen LogP contribution is -2.18. The van der Waals surface area contributed by atoms with E-state index in [-0.39, 0.29) is 10.7 Å². The van der Waals surface area contributed by atoms with Gasteiger partial charge in [-0.05, 0) is 66.8 Å². The fraction of sp³-hybridized carbons (Fsp3) is 0.133. The topological polar surface area (TPSA) is 51.2 Å². The maximum Gasteiger partial charge on any atom is 0.239 e. The van der Waals surface area contributed by atoms with Gasteiger partial charge >= 0.3 is 0 Å². The molecular formula is C15H11Br3O3S. The largest absolute Gasteiger partial charge is 0.289 e. The Kier molecular flexibility index (Phi) is 5.31. The zero-order valence-corrected chi connectivity index (χ0v) is 17.0. The molecule has 0 atom stereocenters. The minimum absolute atomic E-state index is 0.0380. The first-order valence-electron chi connectivity index (χ1n) is 6.16. The van der Waals surface area contributed by atoms with Crippen molar-refractivity contribution in [2.24, 2.45) is 0 Å². The number of aryl methyl sites for hydroxylation is 1. The highest BCUT2D eigenvalue weighted by Gasteiger charge is 2.37. The Balaban J connectivity index is 2.45. The van der Waals surface area contributed by atoms with Gasteiger partial charge in [0, 0.05) is 11.1 Å². The lowest BCUT2D eigenvalue weighted by atomic mass is 10.0. The number of hydrogen-bond acceptors (Lipinski definition) is 3. The highest BCUT2D eigenvalue weighted by atomic mass is 80.0. The van der Waals surface area contributed by atoms with Gasteiger partial charge < -0.3 is 0 Å². The van der Waals surface area contributed by atoms with Crippen LogP contribution in [0, 0.1) is 6.92 Å². The van der Waals surface area contributed by atoms with E-state index in [0.717, 1.165) is 5.56 Å². The molecule has 2 aromatic rings. The van der Waals surface area contributed by atoms with Crippen LogP contribution in [0.5, 0.6) is 0 Å². The van der Waals surface area contributed by atoms with E-state index in [9.17, 15) is 13.2 Å². The summed E-state index contributed by atoms with van der Waals surface area (Å²) in [7, 11) is -3.72. The summed E-state index contributed by atoms with van der Waals surface area (Å²) in [6.45, 7) is 1.93. The molecule has 0 heterocycles. The Labute approximate surface area is 154 Å². The van der Waals surface area contributed by atoms with Crippen LogP contribution in [0.25, 0.3) is 0 Å². The van der Waals surface area contributed by atoms with Crippen LogP contribution in [-0.4, -0.2) is 15.7 Å². The first-order valence-corrected chi connectivity index (χ1v) is 10.0. The van der Waals surface area contributed by atoms with Crippen molar-refractivity contribution >= 4 is 63.4 Å². The van der Waals surface area contributed by atoms with Gasteiger partial charge in [0.25, 0.3) is 0 Å². The molecule has 0 radical (unpaired) electrons. The van der Waals surface area contributed by atoms with Crippen molar-refractivity contribution in [1.82, 2.24) is 0 Å². The first-order chi connectivity index (χ1) is 10.1. The van der Waals surface area contributed by atoms with E-state index in [1.807, 2.05) is 19.1 Å². The summed E-state index contributed by atoms with van der Waals surface area (Å²) in [5.74, 6) is -0.221. The molecule has 2 rings (SSSR count). The van der Waals surface area contributed by atoms with Crippen LogP contribution < -0.4 is 0 Å². The number of carbonyl (C=O) groups is 1. The van der Waals surface area contributed by atoms with Crippen molar-refractivity contribution in [3.05, 3.63) is 65.2 Å². The molecule has 0 bridgehead atoms. The number of rotatable bonds is 3. The standard InChI is InChI=1S/C15H11Br3O3S/c1-10-5-7-11(8-6-10)14(19)12-3-2-4-13(9-12)22(20,21)15(16,17)18/h2-9H,1H3. The molecule has 7 heteroatoms. The number of benzene rings is 2. The molecule has 0 aliphatic rings. The van der Waals surface area contributed by atoms with E-state index < -0.39 is 11.3 Å². The summed E-state index contributed by atoms with van der Waals surface area (Å²) in [5, 5.41) is 0.